The van der Waals surface area contributed by atoms with Crippen LogP contribution in [0, 0.1) is 0 Å². The molecule has 1 rings (SSSR count). The van der Waals surface area contributed by atoms with Gasteiger partial charge in [-0.25, -0.2) is 0 Å². The molecular weight excluding hydrogens is 164 g/mol. The van der Waals surface area contributed by atoms with Gasteiger partial charge in [0.1, 0.15) is 0 Å². The molecule has 0 nitrogen and oxygen atoms in total. The smallest absolute Gasteiger partial charge is 0.0148 e. The van der Waals surface area contributed by atoms with Crippen LogP contribution >= 0.6 is 11.8 Å². The van der Waals surface area contributed by atoms with E-state index in [0.717, 1.165) is 0 Å². The van der Waals surface area contributed by atoms with Gasteiger partial charge in [-0.2, -0.15) is 0 Å². The van der Waals surface area contributed by atoms with Gasteiger partial charge in [0.15, 0.2) is 0 Å². The normalized spacial score (nSPS) is 11.6. The molecule has 0 amide bonds. The third-order valence-corrected chi connectivity index (χ3v) is 3.34. The molecule has 1 heteroatoms. The molecule has 0 aliphatic heterocycles. The zero-order valence-electron chi connectivity index (χ0n) is 8.00. The van der Waals surface area contributed by atoms with Crippen LogP contribution in [0.4, 0.5) is 0 Å². The van der Waals surface area contributed by atoms with E-state index in [1.165, 1.54) is 11.3 Å². The molecule has 1 aromatic carbocycles. The minimum atomic E-state index is 0.362. The van der Waals surface area contributed by atoms with E-state index in [0.29, 0.717) is 4.75 Å². The maximum Gasteiger partial charge on any atom is 0.0148 e. The zero-order chi connectivity index (χ0) is 9.03. The molecule has 0 aliphatic carbocycles. The van der Waals surface area contributed by atoms with Crippen LogP contribution in [0.2, 0.25) is 0 Å². The molecule has 0 saturated heterocycles. The predicted molar refractivity (Wildman–Crippen MR) is 56.7 cm³/mol. The third-order valence-electron chi connectivity index (χ3n) is 1.99. The second kappa shape index (κ2) is 3.99. The second-order valence-electron chi connectivity index (χ2n) is 3.53. The fourth-order valence-electron chi connectivity index (χ4n) is 0.880. The number of hydrogen-bond acceptors (Lipinski definition) is 1. The number of rotatable bonds is 3. The molecule has 0 aromatic heterocycles. The first-order valence-corrected chi connectivity index (χ1v) is 5.20. The quantitative estimate of drug-likeness (QED) is 0.634. The fourth-order valence-corrected chi connectivity index (χ4v) is 1.96. The van der Waals surface area contributed by atoms with Crippen LogP contribution in [0.5, 0.6) is 0 Å². The van der Waals surface area contributed by atoms with Crippen LogP contribution in [-0.4, -0.2) is 4.75 Å². The molecular formula is C11H16S. The number of hydrogen-bond donors (Lipinski definition) is 0. The van der Waals surface area contributed by atoms with Gasteiger partial charge in [-0.15, -0.1) is 11.8 Å². The molecule has 0 aliphatic rings. The summed E-state index contributed by atoms with van der Waals surface area (Å²) in [7, 11) is 0. The van der Waals surface area contributed by atoms with Crippen LogP contribution in [-0.2, 0) is 0 Å². The molecule has 0 unspecified atom stereocenters. The SMILES string of the molecule is CCC(C)(C)Sc1ccccc1. The molecule has 66 valence electrons. The van der Waals surface area contributed by atoms with E-state index in [1.807, 2.05) is 11.8 Å². The van der Waals surface area contributed by atoms with Gasteiger partial charge in [-0.05, 0) is 18.6 Å². The Bertz CT molecular complexity index is 226. The lowest BCUT2D eigenvalue weighted by Crippen LogP contribution is -2.11. The summed E-state index contributed by atoms with van der Waals surface area (Å²) in [5.74, 6) is 0. The first kappa shape index (κ1) is 9.66. The first-order chi connectivity index (χ1) is 5.64. The van der Waals surface area contributed by atoms with E-state index >= 15 is 0 Å². The molecule has 0 N–H and O–H groups in total. The standard InChI is InChI=1S/C11H16S/c1-4-11(2,3)12-10-8-6-5-7-9-10/h5-9H,4H2,1-3H3. The van der Waals surface area contributed by atoms with E-state index in [9.17, 15) is 0 Å². The van der Waals surface area contributed by atoms with E-state index in [-0.39, 0.29) is 0 Å². The van der Waals surface area contributed by atoms with E-state index < -0.39 is 0 Å². The summed E-state index contributed by atoms with van der Waals surface area (Å²) in [4.78, 5) is 1.37. The highest BCUT2D eigenvalue weighted by atomic mass is 32.2. The van der Waals surface area contributed by atoms with Gasteiger partial charge in [0, 0.05) is 9.64 Å². The van der Waals surface area contributed by atoms with E-state index in [2.05, 4.69) is 51.1 Å². The van der Waals surface area contributed by atoms with E-state index in [1.54, 1.807) is 0 Å². The molecule has 0 spiro atoms. The summed E-state index contributed by atoms with van der Waals surface area (Å²) in [6.45, 7) is 6.80. The van der Waals surface area contributed by atoms with Gasteiger partial charge in [-0.3, -0.25) is 0 Å². The van der Waals surface area contributed by atoms with Crippen molar-refractivity contribution in [1.29, 1.82) is 0 Å². The molecule has 0 atom stereocenters. The Hall–Kier alpha value is -0.430. The van der Waals surface area contributed by atoms with Gasteiger partial charge < -0.3 is 0 Å². The minimum absolute atomic E-state index is 0.362. The molecule has 0 heterocycles. The van der Waals surface area contributed by atoms with Crippen molar-refractivity contribution in [3.63, 3.8) is 0 Å². The van der Waals surface area contributed by atoms with Gasteiger partial charge in [0.05, 0.1) is 0 Å². The highest BCUT2D eigenvalue weighted by molar-refractivity contribution is 8.00. The zero-order valence-corrected chi connectivity index (χ0v) is 8.82. The summed E-state index contributed by atoms with van der Waals surface area (Å²) >= 11 is 1.95. The average molecular weight is 180 g/mol. The third kappa shape index (κ3) is 2.90. The molecule has 12 heavy (non-hydrogen) atoms. The summed E-state index contributed by atoms with van der Waals surface area (Å²) in [5, 5.41) is 0. The molecule has 0 fully saturated rings. The van der Waals surface area contributed by atoms with Gasteiger partial charge in [0.25, 0.3) is 0 Å². The predicted octanol–water partition coefficient (Wildman–Crippen LogP) is 3.97. The summed E-state index contributed by atoms with van der Waals surface area (Å²) < 4.78 is 0.362. The van der Waals surface area contributed by atoms with Crippen LogP contribution in [0.15, 0.2) is 35.2 Å². The van der Waals surface area contributed by atoms with Crippen molar-refractivity contribution in [3.05, 3.63) is 30.3 Å². The second-order valence-corrected chi connectivity index (χ2v) is 5.31. The van der Waals surface area contributed by atoms with Crippen molar-refractivity contribution in [1.82, 2.24) is 0 Å². The van der Waals surface area contributed by atoms with Crippen molar-refractivity contribution in [2.24, 2.45) is 0 Å². The molecule has 0 saturated carbocycles. The highest BCUT2D eigenvalue weighted by Gasteiger charge is 2.15. The van der Waals surface area contributed by atoms with Crippen molar-refractivity contribution in [2.45, 2.75) is 36.8 Å². The number of benzene rings is 1. The van der Waals surface area contributed by atoms with Crippen molar-refractivity contribution in [3.8, 4) is 0 Å². The lowest BCUT2D eigenvalue weighted by molar-refractivity contribution is 0.684. The first-order valence-electron chi connectivity index (χ1n) is 4.38. The summed E-state index contributed by atoms with van der Waals surface area (Å²) in [5.41, 5.74) is 0. The summed E-state index contributed by atoms with van der Waals surface area (Å²) in [6.07, 6.45) is 1.20. The topological polar surface area (TPSA) is 0 Å². The van der Waals surface area contributed by atoms with Crippen LogP contribution in [0.1, 0.15) is 27.2 Å². The Morgan fingerprint density at radius 2 is 1.75 bits per heavy atom. The lowest BCUT2D eigenvalue weighted by atomic mass is 10.1. The maximum atomic E-state index is 2.28. The molecule has 1 aromatic rings. The lowest BCUT2D eigenvalue weighted by Gasteiger charge is -2.21. The summed E-state index contributed by atoms with van der Waals surface area (Å²) in [6, 6.07) is 10.6. The Balaban J connectivity index is 2.64. The highest BCUT2D eigenvalue weighted by Crippen LogP contribution is 2.34. The largest absolute Gasteiger partial charge is 0.120 e. The molecule has 0 bridgehead atoms. The Morgan fingerprint density at radius 1 is 1.17 bits per heavy atom. The number of thioether (sulfide) groups is 1. The van der Waals surface area contributed by atoms with Gasteiger partial charge >= 0.3 is 0 Å². The average Bonchev–Trinajstić information content (AvgIpc) is 2.06. The maximum absolute atomic E-state index is 2.28. The van der Waals surface area contributed by atoms with Crippen LogP contribution in [0.25, 0.3) is 0 Å². The van der Waals surface area contributed by atoms with Crippen molar-refractivity contribution < 1.29 is 0 Å². The Kier molecular flexibility index (Phi) is 3.21. The van der Waals surface area contributed by atoms with Gasteiger partial charge in [-0.1, -0.05) is 39.0 Å². The fraction of sp³-hybridized carbons (Fsp3) is 0.455. The minimum Gasteiger partial charge on any atom is -0.120 e. The monoisotopic (exact) mass is 180 g/mol. The van der Waals surface area contributed by atoms with Crippen LogP contribution < -0.4 is 0 Å². The van der Waals surface area contributed by atoms with E-state index in [4.69, 9.17) is 0 Å². The van der Waals surface area contributed by atoms with Crippen molar-refractivity contribution >= 4 is 11.8 Å². The van der Waals surface area contributed by atoms with Crippen LogP contribution in [0.3, 0.4) is 0 Å². The van der Waals surface area contributed by atoms with Gasteiger partial charge in [0.2, 0.25) is 0 Å². The Morgan fingerprint density at radius 3 is 2.25 bits per heavy atom. The molecule has 0 radical (unpaired) electrons. The van der Waals surface area contributed by atoms with Crippen molar-refractivity contribution in [2.75, 3.05) is 0 Å². The Labute approximate surface area is 79.4 Å².